The highest BCUT2D eigenvalue weighted by Crippen LogP contribution is 2.31. The minimum Gasteiger partial charge on any atom is -0.506 e. The summed E-state index contributed by atoms with van der Waals surface area (Å²) in [7, 11) is 1.59. The first-order chi connectivity index (χ1) is 12.0. The van der Waals surface area contributed by atoms with Crippen molar-refractivity contribution < 1.29 is 9.84 Å². The topological polar surface area (TPSA) is 75.4 Å². The van der Waals surface area contributed by atoms with Crippen LogP contribution in [-0.2, 0) is 0 Å². The summed E-state index contributed by atoms with van der Waals surface area (Å²) in [6.07, 6.45) is 1.51. The molecule has 0 aliphatic rings. The monoisotopic (exact) mass is 482 g/mol. The van der Waals surface area contributed by atoms with E-state index in [1.54, 1.807) is 19.2 Å². The Morgan fingerprint density at radius 3 is 2.84 bits per heavy atom. The lowest BCUT2D eigenvalue weighted by Crippen LogP contribution is -1.97. The SMILES string of the molecule is COc1ccccc1-c1n[nH]c(=S)n1N=Cc1cc(Br)cc(Br)c1O. The molecule has 128 valence electrons. The summed E-state index contributed by atoms with van der Waals surface area (Å²) in [5.74, 6) is 1.24. The van der Waals surface area contributed by atoms with Crippen LogP contribution in [0.3, 0.4) is 0 Å². The third kappa shape index (κ3) is 3.68. The summed E-state index contributed by atoms with van der Waals surface area (Å²) >= 11 is 11.9. The highest BCUT2D eigenvalue weighted by molar-refractivity contribution is 9.11. The second-order valence-electron chi connectivity index (χ2n) is 4.93. The molecule has 9 heteroatoms. The minimum absolute atomic E-state index is 0.0841. The number of benzene rings is 2. The number of methoxy groups -OCH3 is 1. The molecule has 0 atom stereocenters. The maximum absolute atomic E-state index is 10.2. The molecule has 2 N–H and O–H groups in total. The number of halogens is 2. The molecule has 1 aromatic heterocycles. The Hall–Kier alpha value is -1.97. The second kappa shape index (κ2) is 7.51. The summed E-state index contributed by atoms with van der Waals surface area (Å²) in [6.45, 7) is 0. The van der Waals surface area contributed by atoms with Crippen molar-refractivity contribution in [3.63, 3.8) is 0 Å². The second-order valence-corrected chi connectivity index (χ2v) is 7.09. The van der Waals surface area contributed by atoms with Gasteiger partial charge in [-0.3, -0.25) is 0 Å². The van der Waals surface area contributed by atoms with Crippen LogP contribution in [0.1, 0.15) is 5.56 Å². The molecular formula is C16H12Br2N4O2S. The molecule has 1 heterocycles. The predicted octanol–water partition coefficient (Wildman–Crippen LogP) is 4.73. The number of aromatic hydroxyl groups is 1. The number of phenols is 1. The molecule has 3 rings (SSSR count). The van der Waals surface area contributed by atoms with Crippen LogP contribution in [0.4, 0.5) is 0 Å². The van der Waals surface area contributed by atoms with Crippen molar-refractivity contribution in [1.29, 1.82) is 0 Å². The average Bonchev–Trinajstić information content (AvgIpc) is 2.97. The van der Waals surface area contributed by atoms with E-state index in [1.807, 2.05) is 24.3 Å². The smallest absolute Gasteiger partial charge is 0.216 e. The van der Waals surface area contributed by atoms with Crippen molar-refractivity contribution in [1.82, 2.24) is 14.9 Å². The number of para-hydroxylation sites is 1. The Morgan fingerprint density at radius 1 is 1.32 bits per heavy atom. The highest BCUT2D eigenvalue weighted by atomic mass is 79.9. The van der Waals surface area contributed by atoms with E-state index in [1.165, 1.54) is 10.9 Å². The van der Waals surface area contributed by atoms with Crippen LogP contribution < -0.4 is 4.74 Å². The van der Waals surface area contributed by atoms with E-state index in [0.717, 1.165) is 10.0 Å². The molecule has 0 bridgehead atoms. The zero-order valence-corrected chi connectivity index (χ0v) is 16.9. The van der Waals surface area contributed by atoms with Gasteiger partial charge in [0.25, 0.3) is 0 Å². The molecule has 0 fully saturated rings. The van der Waals surface area contributed by atoms with Crippen molar-refractivity contribution in [2.45, 2.75) is 0 Å². The zero-order chi connectivity index (χ0) is 18.0. The van der Waals surface area contributed by atoms with Crippen molar-refractivity contribution in [3.05, 3.63) is 55.7 Å². The molecule has 25 heavy (non-hydrogen) atoms. The number of ether oxygens (including phenoxy) is 1. The van der Waals surface area contributed by atoms with E-state index < -0.39 is 0 Å². The van der Waals surface area contributed by atoms with Gasteiger partial charge in [-0.05, 0) is 52.4 Å². The summed E-state index contributed by atoms with van der Waals surface area (Å²) in [5.41, 5.74) is 1.27. The maximum Gasteiger partial charge on any atom is 0.216 e. The van der Waals surface area contributed by atoms with Crippen LogP contribution in [-0.4, -0.2) is 33.3 Å². The van der Waals surface area contributed by atoms with Gasteiger partial charge in [0.2, 0.25) is 4.77 Å². The van der Waals surface area contributed by atoms with Crippen LogP contribution in [0.25, 0.3) is 11.4 Å². The number of H-pyrrole nitrogens is 1. The van der Waals surface area contributed by atoms with Crippen molar-refractivity contribution in [2.75, 3.05) is 7.11 Å². The molecule has 0 amide bonds. The number of hydrogen-bond donors (Lipinski definition) is 2. The van der Waals surface area contributed by atoms with E-state index in [0.29, 0.717) is 26.4 Å². The van der Waals surface area contributed by atoms with Gasteiger partial charge >= 0.3 is 0 Å². The zero-order valence-electron chi connectivity index (χ0n) is 12.9. The summed E-state index contributed by atoms with van der Waals surface area (Å²) in [6, 6.07) is 10.9. The van der Waals surface area contributed by atoms with Gasteiger partial charge in [-0.25, -0.2) is 5.10 Å². The fourth-order valence-corrected chi connectivity index (χ4v) is 3.64. The maximum atomic E-state index is 10.2. The largest absolute Gasteiger partial charge is 0.506 e. The quantitative estimate of drug-likeness (QED) is 0.415. The van der Waals surface area contributed by atoms with Gasteiger partial charge in [0.15, 0.2) is 5.82 Å². The summed E-state index contributed by atoms with van der Waals surface area (Å²) in [5, 5.41) is 21.5. The van der Waals surface area contributed by atoms with E-state index in [9.17, 15) is 5.11 Å². The Kier molecular flexibility index (Phi) is 5.36. The van der Waals surface area contributed by atoms with E-state index in [4.69, 9.17) is 17.0 Å². The normalized spacial score (nSPS) is 11.2. The number of hydrogen-bond acceptors (Lipinski definition) is 5. The van der Waals surface area contributed by atoms with E-state index >= 15 is 0 Å². The first kappa shape index (κ1) is 17.8. The number of nitrogens with zero attached hydrogens (tertiary/aromatic N) is 3. The summed E-state index contributed by atoms with van der Waals surface area (Å²) < 4.78 is 8.53. The number of phenolic OH excluding ortho intramolecular Hbond substituents is 1. The standard InChI is InChI=1S/C16H12Br2N4O2S/c1-24-13-5-3-2-4-11(13)15-20-21-16(25)22(15)19-8-9-6-10(17)7-12(18)14(9)23/h2-8,23H,1H3,(H,21,25). The van der Waals surface area contributed by atoms with Crippen LogP contribution >= 0.6 is 44.1 Å². The molecule has 0 aliphatic heterocycles. The molecule has 0 radical (unpaired) electrons. The fraction of sp³-hybridized carbons (Fsp3) is 0.0625. The number of rotatable bonds is 4. The van der Waals surface area contributed by atoms with Crippen molar-refractivity contribution in [3.8, 4) is 22.9 Å². The Morgan fingerprint density at radius 2 is 2.08 bits per heavy atom. The van der Waals surface area contributed by atoms with E-state index in [-0.39, 0.29) is 5.75 Å². The third-order valence-electron chi connectivity index (χ3n) is 3.37. The fourth-order valence-electron chi connectivity index (χ4n) is 2.21. The van der Waals surface area contributed by atoms with Gasteiger partial charge in [0.1, 0.15) is 11.5 Å². The van der Waals surface area contributed by atoms with Gasteiger partial charge < -0.3 is 9.84 Å². The van der Waals surface area contributed by atoms with Crippen molar-refractivity contribution in [2.24, 2.45) is 5.10 Å². The molecule has 2 aromatic carbocycles. The van der Waals surface area contributed by atoms with Gasteiger partial charge in [-0.2, -0.15) is 14.9 Å². The highest BCUT2D eigenvalue weighted by Gasteiger charge is 2.13. The Balaban J connectivity index is 2.08. The predicted molar refractivity (Wildman–Crippen MR) is 106 cm³/mol. The molecule has 0 aliphatic carbocycles. The average molecular weight is 484 g/mol. The first-order valence-corrected chi connectivity index (χ1v) is 9.04. The lowest BCUT2D eigenvalue weighted by molar-refractivity contribution is 0.416. The molecule has 0 unspecified atom stereocenters. The van der Waals surface area contributed by atoms with Gasteiger partial charge in [-0.1, -0.05) is 28.1 Å². The van der Waals surface area contributed by atoms with Crippen LogP contribution in [0, 0.1) is 4.77 Å². The van der Waals surface area contributed by atoms with Crippen LogP contribution in [0.2, 0.25) is 0 Å². The number of aromatic nitrogens is 3. The molecule has 0 saturated heterocycles. The van der Waals surface area contributed by atoms with Gasteiger partial charge in [-0.15, -0.1) is 0 Å². The first-order valence-electron chi connectivity index (χ1n) is 7.04. The summed E-state index contributed by atoms with van der Waals surface area (Å²) in [4.78, 5) is 0. The number of nitrogens with one attached hydrogen (secondary N) is 1. The number of aromatic amines is 1. The molecule has 6 nitrogen and oxygen atoms in total. The Labute approximate surface area is 165 Å². The van der Waals surface area contributed by atoms with Gasteiger partial charge in [0, 0.05) is 10.0 Å². The molecule has 0 spiro atoms. The molecule has 0 saturated carbocycles. The lowest BCUT2D eigenvalue weighted by atomic mass is 10.2. The van der Waals surface area contributed by atoms with Crippen LogP contribution in [0.15, 0.2) is 50.4 Å². The molecular weight excluding hydrogens is 472 g/mol. The van der Waals surface area contributed by atoms with Gasteiger partial charge in [0.05, 0.1) is 23.4 Å². The third-order valence-corrected chi connectivity index (χ3v) is 4.69. The van der Waals surface area contributed by atoms with Crippen molar-refractivity contribution >= 4 is 50.3 Å². The minimum atomic E-state index is 0.0841. The lowest BCUT2D eigenvalue weighted by Gasteiger charge is -2.07. The molecule has 3 aromatic rings. The van der Waals surface area contributed by atoms with E-state index in [2.05, 4.69) is 47.2 Å². The van der Waals surface area contributed by atoms with Crippen LogP contribution in [0.5, 0.6) is 11.5 Å². The Bertz CT molecular complexity index is 1010.